The summed E-state index contributed by atoms with van der Waals surface area (Å²) in [6, 6.07) is 8.21. The van der Waals surface area contributed by atoms with E-state index in [1.165, 1.54) is 0 Å². The molecule has 8 heteroatoms. The summed E-state index contributed by atoms with van der Waals surface area (Å²) in [5, 5.41) is 3.25. The van der Waals surface area contributed by atoms with Crippen LogP contribution >= 0.6 is 0 Å². The van der Waals surface area contributed by atoms with Crippen molar-refractivity contribution in [1.82, 2.24) is 19.8 Å². The minimum atomic E-state index is -0.241. The van der Waals surface area contributed by atoms with E-state index in [0.717, 1.165) is 29.7 Å². The molecule has 0 saturated carbocycles. The molecule has 1 fully saturated rings. The van der Waals surface area contributed by atoms with Crippen molar-refractivity contribution in [2.24, 2.45) is 17.8 Å². The molecule has 1 aliphatic heterocycles. The summed E-state index contributed by atoms with van der Waals surface area (Å²) >= 11 is 0. The molecule has 8 nitrogen and oxygen atoms in total. The summed E-state index contributed by atoms with van der Waals surface area (Å²) in [4.78, 5) is 22.5. The number of piperidine rings is 1. The zero-order valence-electron chi connectivity index (χ0n) is 15.3. The van der Waals surface area contributed by atoms with Crippen molar-refractivity contribution in [3.63, 3.8) is 0 Å². The molecular weight excluding hydrogens is 332 g/mol. The molecule has 1 saturated heterocycles. The van der Waals surface area contributed by atoms with E-state index in [2.05, 4.69) is 15.3 Å². The third-order valence-corrected chi connectivity index (χ3v) is 4.64. The third kappa shape index (κ3) is 4.07. The van der Waals surface area contributed by atoms with E-state index in [4.69, 9.17) is 10.5 Å². The Kier molecular flexibility index (Phi) is 5.60. The van der Waals surface area contributed by atoms with Crippen LogP contribution in [0.25, 0.3) is 11.0 Å². The van der Waals surface area contributed by atoms with Gasteiger partial charge in [-0.1, -0.05) is 12.1 Å². The first-order valence-electron chi connectivity index (χ1n) is 8.97. The molecule has 26 heavy (non-hydrogen) atoms. The number of likely N-dealkylation sites (tertiary alicyclic amines) is 1. The molecule has 3 rings (SSSR count). The molecular formula is C18H26N6O2. The molecule has 1 aromatic carbocycles. The van der Waals surface area contributed by atoms with Gasteiger partial charge in [0.05, 0.1) is 17.6 Å². The molecule has 2 aromatic rings. The fourth-order valence-corrected chi connectivity index (χ4v) is 3.17. The van der Waals surface area contributed by atoms with Crippen molar-refractivity contribution in [3.05, 3.63) is 30.1 Å². The number of ether oxygens (including phenoxy) is 1. The maximum Gasteiger partial charge on any atom is 0.409 e. The number of amides is 1. The molecule has 0 aliphatic carbocycles. The van der Waals surface area contributed by atoms with Crippen LogP contribution in [0.5, 0.6) is 0 Å². The number of fused-ring (bicyclic) bond motifs is 1. The van der Waals surface area contributed by atoms with E-state index in [0.29, 0.717) is 32.2 Å². The summed E-state index contributed by atoms with van der Waals surface area (Å²) in [5.41, 5.74) is 8.07. The highest BCUT2D eigenvalue weighted by Crippen LogP contribution is 2.15. The quantitative estimate of drug-likeness (QED) is 0.639. The zero-order chi connectivity index (χ0) is 18.5. The van der Waals surface area contributed by atoms with E-state index in [1.54, 1.807) is 4.90 Å². The van der Waals surface area contributed by atoms with Gasteiger partial charge in [-0.3, -0.25) is 0 Å². The van der Waals surface area contributed by atoms with Gasteiger partial charge >= 0.3 is 6.09 Å². The molecule has 3 N–H and O–H groups in total. The number of nitrogens with one attached hydrogen (secondary N) is 1. The van der Waals surface area contributed by atoms with Gasteiger partial charge in [0, 0.05) is 26.2 Å². The number of hydrogen-bond acceptors (Lipinski definition) is 4. The van der Waals surface area contributed by atoms with Crippen LogP contribution < -0.4 is 11.1 Å². The summed E-state index contributed by atoms with van der Waals surface area (Å²) in [5.74, 6) is 1.28. The predicted molar refractivity (Wildman–Crippen MR) is 101 cm³/mol. The van der Waals surface area contributed by atoms with Gasteiger partial charge in [0.25, 0.3) is 0 Å². The molecule has 0 atom stereocenters. The van der Waals surface area contributed by atoms with E-state index >= 15 is 0 Å². The van der Waals surface area contributed by atoms with Crippen LogP contribution in [0.4, 0.5) is 4.79 Å². The lowest BCUT2D eigenvalue weighted by Crippen LogP contribution is -2.48. The van der Waals surface area contributed by atoms with E-state index in [1.807, 2.05) is 42.8 Å². The van der Waals surface area contributed by atoms with E-state index < -0.39 is 0 Å². The van der Waals surface area contributed by atoms with Crippen LogP contribution in [0.2, 0.25) is 0 Å². The van der Waals surface area contributed by atoms with E-state index in [9.17, 15) is 4.79 Å². The number of carbonyl (C=O) groups is 1. The lowest BCUT2D eigenvalue weighted by atomic mass is 10.1. The van der Waals surface area contributed by atoms with Crippen LogP contribution in [-0.4, -0.2) is 52.2 Å². The first-order valence-corrected chi connectivity index (χ1v) is 8.97. The number of hydrogen-bond donors (Lipinski definition) is 2. The third-order valence-electron chi connectivity index (χ3n) is 4.64. The van der Waals surface area contributed by atoms with Gasteiger partial charge in [-0.2, -0.15) is 0 Å². The number of imidazole rings is 1. The fourth-order valence-electron chi connectivity index (χ4n) is 3.17. The predicted octanol–water partition coefficient (Wildman–Crippen LogP) is 1.60. The Morgan fingerprint density at radius 1 is 1.38 bits per heavy atom. The minimum absolute atomic E-state index is 0.213. The summed E-state index contributed by atoms with van der Waals surface area (Å²) in [6.07, 6.45) is 1.40. The number of rotatable bonds is 4. The molecule has 0 spiro atoms. The van der Waals surface area contributed by atoms with Crippen molar-refractivity contribution in [1.29, 1.82) is 0 Å². The van der Waals surface area contributed by atoms with Crippen molar-refractivity contribution in [2.75, 3.05) is 19.7 Å². The Labute approximate surface area is 153 Å². The standard InChI is InChI=1S/C18H26N6O2/c1-3-26-18(25)24-10-8-13(9-11-24)21-17(19)20-12-16-22-14-6-4-5-7-15(14)23(16)2/h4-7,13H,3,8-12H2,1-2H3,(H3,19,20,21). The van der Waals surface area contributed by atoms with Crippen LogP contribution in [0, 0.1) is 0 Å². The first-order chi connectivity index (χ1) is 12.6. The second-order valence-electron chi connectivity index (χ2n) is 6.38. The molecule has 0 unspecified atom stereocenters. The van der Waals surface area contributed by atoms with Crippen molar-refractivity contribution >= 4 is 23.1 Å². The molecule has 0 bridgehead atoms. The Bertz CT molecular complexity index is 792. The van der Waals surface area contributed by atoms with Gasteiger partial charge < -0.3 is 25.3 Å². The molecule has 0 radical (unpaired) electrons. The van der Waals surface area contributed by atoms with Crippen LogP contribution in [0.15, 0.2) is 29.3 Å². The van der Waals surface area contributed by atoms with Gasteiger partial charge in [0.1, 0.15) is 12.4 Å². The van der Waals surface area contributed by atoms with Crippen molar-refractivity contribution < 1.29 is 9.53 Å². The average Bonchev–Trinajstić information content (AvgIpc) is 2.97. The molecule has 1 amide bonds. The van der Waals surface area contributed by atoms with Gasteiger partial charge in [-0.05, 0) is 31.9 Å². The summed E-state index contributed by atoms with van der Waals surface area (Å²) < 4.78 is 7.06. The number of guanidine groups is 1. The molecule has 1 aromatic heterocycles. The number of aliphatic imine (C=N–C) groups is 1. The minimum Gasteiger partial charge on any atom is -0.450 e. The Balaban J connectivity index is 1.53. The number of carbonyl (C=O) groups excluding carboxylic acids is 1. The van der Waals surface area contributed by atoms with Crippen LogP contribution in [0.3, 0.4) is 0 Å². The molecule has 1 aliphatic rings. The Hall–Kier alpha value is -2.77. The maximum absolute atomic E-state index is 11.7. The average molecular weight is 358 g/mol. The fraction of sp³-hybridized carbons (Fsp3) is 0.500. The first kappa shape index (κ1) is 18.0. The monoisotopic (exact) mass is 358 g/mol. The normalized spacial score (nSPS) is 16.1. The van der Waals surface area contributed by atoms with Crippen molar-refractivity contribution in [2.45, 2.75) is 32.4 Å². The number of nitrogens with two attached hydrogens (primary N) is 1. The number of aryl methyl sites for hydroxylation is 1. The van der Waals surface area contributed by atoms with Gasteiger partial charge in [0.15, 0.2) is 5.96 Å². The van der Waals surface area contributed by atoms with Crippen molar-refractivity contribution in [3.8, 4) is 0 Å². The van der Waals surface area contributed by atoms with Gasteiger partial charge in [0.2, 0.25) is 0 Å². The van der Waals surface area contributed by atoms with Gasteiger partial charge in [-0.25, -0.2) is 14.8 Å². The summed E-state index contributed by atoms with van der Waals surface area (Å²) in [6.45, 7) is 3.96. The van der Waals surface area contributed by atoms with Crippen LogP contribution in [-0.2, 0) is 18.3 Å². The molecule has 140 valence electrons. The second kappa shape index (κ2) is 8.07. The van der Waals surface area contributed by atoms with E-state index in [-0.39, 0.29) is 12.1 Å². The van der Waals surface area contributed by atoms with Crippen LogP contribution in [0.1, 0.15) is 25.6 Å². The SMILES string of the molecule is CCOC(=O)N1CCC(NC(N)=NCc2nc3ccccc3n2C)CC1. The smallest absolute Gasteiger partial charge is 0.409 e. The largest absolute Gasteiger partial charge is 0.450 e. The number of para-hydroxylation sites is 2. The number of nitrogens with zero attached hydrogens (tertiary/aromatic N) is 4. The summed E-state index contributed by atoms with van der Waals surface area (Å²) in [7, 11) is 1.98. The highest BCUT2D eigenvalue weighted by Gasteiger charge is 2.23. The highest BCUT2D eigenvalue weighted by molar-refractivity contribution is 5.78. The van der Waals surface area contributed by atoms with Gasteiger partial charge in [-0.15, -0.1) is 0 Å². The lowest BCUT2D eigenvalue weighted by Gasteiger charge is -2.31. The lowest BCUT2D eigenvalue weighted by molar-refractivity contribution is 0.0963. The maximum atomic E-state index is 11.7. The number of aromatic nitrogens is 2. The highest BCUT2D eigenvalue weighted by atomic mass is 16.6. The zero-order valence-corrected chi connectivity index (χ0v) is 15.3. The Morgan fingerprint density at radius 3 is 2.81 bits per heavy atom. The Morgan fingerprint density at radius 2 is 2.12 bits per heavy atom. The topological polar surface area (TPSA) is 97.8 Å². The molecule has 2 heterocycles. The second-order valence-corrected chi connectivity index (χ2v) is 6.38. The number of benzene rings is 1.